The maximum Gasteiger partial charge on any atom is 0.132 e. The normalized spacial score (nSPS) is 28.0. The average molecular weight is 417 g/mol. The smallest absolute Gasteiger partial charge is 0.132 e. The number of allylic oxidation sites excluding steroid dienone is 2. The lowest BCUT2D eigenvalue weighted by Crippen LogP contribution is -2.18. The Kier molecular flexibility index (Phi) is 8.85. The van der Waals surface area contributed by atoms with E-state index in [1.165, 1.54) is 77.0 Å². The zero-order valence-electron chi connectivity index (χ0n) is 18.1. The Morgan fingerprint density at radius 3 is 2.00 bits per heavy atom. The van der Waals surface area contributed by atoms with E-state index in [0.29, 0.717) is 16.5 Å². The number of halogens is 2. The van der Waals surface area contributed by atoms with Crippen LogP contribution < -0.4 is 0 Å². The highest BCUT2D eigenvalue weighted by molar-refractivity contribution is 6.32. The van der Waals surface area contributed by atoms with Gasteiger partial charge in [0.15, 0.2) is 0 Å². The highest BCUT2D eigenvalue weighted by atomic mass is 35.5. The first-order valence-corrected chi connectivity index (χ1v) is 12.2. The fraction of sp³-hybridized carbons (Fsp3) is 0.630. The van der Waals surface area contributed by atoms with E-state index in [-0.39, 0.29) is 5.82 Å². The fourth-order valence-electron chi connectivity index (χ4n) is 5.58. The molecule has 1 aromatic carbocycles. The molecule has 0 unspecified atom stereocenters. The molecule has 3 rings (SSSR count). The molecule has 2 aliphatic rings. The highest BCUT2D eigenvalue weighted by Gasteiger charge is 2.26. The summed E-state index contributed by atoms with van der Waals surface area (Å²) >= 11 is 6.34. The van der Waals surface area contributed by atoms with Gasteiger partial charge in [0.2, 0.25) is 0 Å². The summed E-state index contributed by atoms with van der Waals surface area (Å²) in [5, 5.41) is 0.545. The van der Waals surface area contributed by atoms with Crippen molar-refractivity contribution in [1.82, 2.24) is 0 Å². The number of hydrogen-bond acceptors (Lipinski definition) is 0. The molecule has 0 bridgehead atoms. The molecular weight excluding hydrogens is 379 g/mol. The number of rotatable bonds is 8. The van der Waals surface area contributed by atoms with Gasteiger partial charge in [-0.15, -0.1) is 6.58 Å². The van der Waals surface area contributed by atoms with Gasteiger partial charge >= 0.3 is 0 Å². The van der Waals surface area contributed by atoms with Gasteiger partial charge in [0.1, 0.15) is 5.82 Å². The zero-order valence-corrected chi connectivity index (χ0v) is 18.9. The van der Waals surface area contributed by atoms with Crippen LogP contribution in [0.2, 0.25) is 5.02 Å². The first-order chi connectivity index (χ1) is 14.1. The van der Waals surface area contributed by atoms with Crippen LogP contribution >= 0.6 is 11.6 Å². The molecule has 2 heteroatoms. The van der Waals surface area contributed by atoms with E-state index in [0.717, 1.165) is 23.3 Å². The van der Waals surface area contributed by atoms with Crippen LogP contribution in [0.1, 0.15) is 101 Å². The summed E-state index contributed by atoms with van der Waals surface area (Å²) < 4.78 is 14.4. The molecule has 29 heavy (non-hydrogen) atoms. The molecule has 1 aromatic rings. The Bertz CT molecular complexity index is 653. The SMILES string of the molecule is C=CCCC1CCC(CCC2CCC(c3cc(F)c(/C=C/C)c(Cl)c3)CC2)CC1. The zero-order chi connectivity index (χ0) is 20.6. The van der Waals surface area contributed by atoms with Crippen LogP contribution in [0.5, 0.6) is 0 Å². The third kappa shape index (κ3) is 6.45. The van der Waals surface area contributed by atoms with Crippen molar-refractivity contribution in [2.75, 3.05) is 0 Å². The lowest BCUT2D eigenvalue weighted by molar-refractivity contribution is 0.225. The molecule has 2 fully saturated rings. The van der Waals surface area contributed by atoms with Crippen LogP contribution in [0, 0.1) is 23.6 Å². The average Bonchev–Trinajstić information content (AvgIpc) is 2.74. The van der Waals surface area contributed by atoms with Crippen LogP contribution in [0.3, 0.4) is 0 Å². The summed E-state index contributed by atoms with van der Waals surface area (Å²) in [7, 11) is 0. The monoisotopic (exact) mass is 416 g/mol. The summed E-state index contributed by atoms with van der Waals surface area (Å²) in [5.74, 6) is 3.06. The van der Waals surface area contributed by atoms with E-state index in [2.05, 4.69) is 12.7 Å². The van der Waals surface area contributed by atoms with Gasteiger partial charge in [0.05, 0.1) is 5.02 Å². The molecule has 160 valence electrons. The predicted octanol–water partition coefficient (Wildman–Crippen LogP) is 9.34. The van der Waals surface area contributed by atoms with Crippen LogP contribution in [-0.2, 0) is 0 Å². The minimum atomic E-state index is -0.184. The molecule has 2 aliphatic carbocycles. The van der Waals surface area contributed by atoms with Gasteiger partial charge in [-0.3, -0.25) is 0 Å². The van der Waals surface area contributed by atoms with Gasteiger partial charge in [0, 0.05) is 5.56 Å². The largest absolute Gasteiger partial charge is 0.206 e. The third-order valence-corrected chi connectivity index (χ3v) is 7.79. The minimum absolute atomic E-state index is 0.184. The van der Waals surface area contributed by atoms with Crippen molar-refractivity contribution in [2.24, 2.45) is 17.8 Å². The Labute approximate surface area is 182 Å². The van der Waals surface area contributed by atoms with Crippen LogP contribution in [-0.4, -0.2) is 0 Å². The molecule has 0 N–H and O–H groups in total. The Hall–Kier alpha value is -1.08. The third-order valence-electron chi connectivity index (χ3n) is 7.48. The summed E-state index contributed by atoms with van der Waals surface area (Å²) in [6.45, 7) is 5.75. The van der Waals surface area contributed by atoms with Crippen molar-refractivity contribution in [3.8, 4) is 0 Å². The molecule has 0 amide bonds. The number of hydrogen-bond donors (Lipinski definition) is 0. The summed E-state index contributed by atoms with van der Waals surface area (Å²) in [5.41, 5.74) is 1.61. The van der Waals surface area contributed by atoms with Gasteiger partial charge in [-0.2, -0.15) is 0 Å². The molecule has 0 nitrogen and oxygen atoms in total. The van der Waals surface area contributed by atoms with Gasteiger partial charge < -0.3 is 0 Å². The second-order valence-electron chi connectivity index (χ2n) is 9.45. The molecular formula is C27H38ClF. The topological polar surface area (TPSA) is 0 Å². The number of benzene rings is 1. The van der Waals surface area contributed by atoms with E-state index in [4.69, 9.17) is 11.6 Å². The fourth-order valence-corrected chi connectivity index (χ4v) is 5.86. The minimum Gasteiger partial charge on any atom is -0.206 e. The molecule has 0 spiro atoms. The van der Waals surface area contributed by atoms with Gasteiger partial charge in [-0.05, 0) is 86.8 Å². The first kappa shape index (κ1) is 22.6. The predicted molar refractivity (Wildman–Crippen MR) is 125 cm³/mol. The quantitative estimate of drug-likeness (QED) is 0.370. The molecule has 0 atom stereocenters. The maximum absolute atomic E-state index is 14.4. The lowest BCUT2D eigenvalue weighted by Gasteiger charge is -2.32. The lowest BCUT2D eigenvalue weighted by atomic mass is 9.74. The van der Waals surface area contributed by atoms with Crippen molar-refractivity contribution in [1.29, 1.82) is 0 Å². The molecule has 0 aromatic heterocycles. The maximum atomic E-state index is 14.4. The summed E-state index contributed by atoms with van der Waals surface area (Å²) in [4.78, 5) is 0. The van der Waals surface area contributed by atoms with Crippen molar-refractivity contribution < 1.29 is 4.39 Å². The molecule has 0 radical (unpaired) electrons. The second kappa shape index (κ2) is 11.3. The summed E-state index contributed by atoms with van der Waals surface area (Å²) in [6, 6.07) is 3.72. The standard InChI is InChI=1S/C27H38ClF/c1-3-5-7-20-8-10-21(11-9-20)12-13-22-14-16-23(17-15-22)24-18-26(28)25(6-4-2)27(29)19-24/h3-4,6,18-23H,1,5,7-17H2,2H3/b6-4+. The van der Waals surface area contributed by atoms with Crippen molar-refractivity contribution in [3.63, 3.8) is 0 Å². The molecule has 2 saturated carbocycles. The Balaban J connectivity index is 1.41. The van der Waals surface area contributed by atoms with E-state index >= 15 is 0 Å². The van der Waals surface area contributed by atoms with Gasteiger partial charge in [-0.25, -0.2) is 4.39 Å². The first-order valence-electron chi connectivity index (χ1n) is 11.8. The van der Waals surface area contributed by atoms with Crippen LogP contribution in [0.25, 0.3) is 6.08 Å². The van der Waals surface area contributed by atoms with Gasteiger partial charge in [-0.1, -0.05) is 68.4 Å². The van der Waals surface area contributed by atoms with Crippen molar-refractivity contribution in [2.45, 2.75) is 89.9 Å². The van der Waals surface area contributed by atoms with E-state index < -0.39 is 0 Å². The van der Waals surface area contributed by atoms with Crippen molar-refractivity contribution >= 4 is 17.7 Å². The van der Waals surface area contributed by atoms with Crippen LogP contribution in [0.15, 0.2) is 30.9 Å². The van der Waals surface area contributed by atoms with Crippen LogP contribution in [0.4, 0.5) is 4.39 Å². The highest BCUT2D eigenvalue weighted by Crippen LogP contribution is 2.41. The Morgan fingerprint density at radius 2 is 1.48 bits per heavy atom. The van der Waals surface area contributed by atoms with E-state index in [1.807, 2.05) is 19.1 Å². The Morgan fingerprint density at radius 1 is 0.931 bits per heavy atom. The van der Waals surface area contributed by atoms with Crippen molar-refractivity contribution in [3.05, 3.63) is 52.8 Å². The molecule has 0 saturated heterocycles. The molecule has 0 aliphatic heterocycles. The second-order valence-corrected chi connectivity index (χ2v) is 9.85. The van der Waals surface area contributed by atoms with Gasteiger partial charge in [0.25, 0.3) is 0 Å². The summed E-state index contributed by atoms with van der Waals surface area (Å²) in [6.07, 6.45) is 21.7. The van der Waals surface area contributed by atoms with E-state index in [9.17, 15) is 4.39 Å². The molecule has 0 heterocycles. The van der Waals surface area contributed by atoms with E-state index in [1.54, 1.807) is 12.1 Å².